The lowest BCUT2D eigenvalue weighted by molar-refractivity contribution is -0.129. The van der Waals surface area contributed by atoms with E-state index in [2.05, 4.69) is 52.2 Å². The van der Waals surface area contributed by atoms with Gasteiger partial charge in [-0.25, -0.2) is 4.98 Å². The molecule has 2 amide bonds. The first-order chi connectivity index (χ1) is 14.4. The van der Waals surface area contributed by atoms with Crippen LogP contribution < -0.4 is 16.0 Å². The maximum atomic E-state index is 12.7. The molecule has 7 heteroatoms. The summed E-state index contributed by atoms with van der Waals surface area (Å²) < 4.78 is 1.91. The van der Waals surface area contributed by atoms with Crippen molar-refractivity contribution in [3.05, 3.63) is 60.6 Å². The molecular formula is C23H29N5O2. The van der Waals surface area contributed by atoms with Crippen molar-refractivity contribution in [1.82, 2.24) is 25.3 Å². The molecule has 1 saturated heterocycles. The number of aromatic nitrogens is 2. The van der Waals surface area contributed by atoms with Gasteiger partial charge in [0, 0.05) is 25.1 Å². The highest BCUT2D eigenvalue weighted by Crippen LogP contribution is 2.40. The fourth-order valence-corrected chi connectivity index (χ4v) is 4.27. The normalized spacial score (nSPS) is 26.6. The first-order valence-electron chi connectivity index (χ1n) is 10.5. The highest BCUT2D eigenvalue weighted by atomic mass is 16.2. The monoisotopic (exact) mass is 407 g/mol. The molecule has 0 bridgehead atoms. The maximum Gasteiger partial charge on any atom is 0.242 e. The minimum absolute atomic E-state index is 0.0791. The van der Waals surface area contributed by atoms with Crippen molar-refractivity contribution in [2.75, 3.05) is 6.54 Å². The van der Waals surface area contributed by atoms with Crippen molar-refractivity contribution >= 4 is 17.5 Å². The molecule has 0 saturated carbocycles. The number of hydrogen-bond acceptors (Lipinski definition) is 4. The third kappa shape index (κ3) is 4.31. The van der Waals surface area contributed by atoms with E-state index >= 15 is 0 Å². The zero-order valence-electron chi connectivity index (χ0n) is 17.5. The fourth-order valence-electron chi connectivity index (χ4n) is 4.27. The SMILES string of the molecule is C[C@H](NC(=O)[C@H]1C[C@H](C2(C)C=CC=CC2)CN1)C(=O)NCc1ccn2ccnc2c1. The van der Waals surface area contributed by atoms with Crippen LogP contribution in [0.15, 0.2) is 55.0 Å². The van der Waals surface area contributed by atoms with Crippen LogP contribution in [0, 0.1) is 11.3 Å². The lowest BCUT2D eigenvalue weighted by Gasteiger charge is -2.32. The second-order valence-corrected chi connectivity index (χ2v) is 8.57. The standard InChI is InChI=1S/C23H29N5O2/c1-16(21(29)26-14-17-6-10-28-11-9-24-20(28)12-17)27-22(30)19-13-18(15-25-19)23(2)7-4-3-5-8-23/h3-7,9-12,16,18-19,25H,8,13-15H2,1-2H3,(H,26,29)(H,27,30)/t16-,18-,19+,23?/m0/s1. The van der Waals surface area contributed by atoms with E-state index in [1.54, 1.807) is 13.1 Å². The van der Waals surface area contributed by atoms with Gasteiger partial charge in [0.15, 0.2) is 0 Å². The van der Waals surface area contributed by atoms with Crippen molar-refractivity contribution in [2.45, 2.75) is 45.3 Å². The average molecular weight is 408 g/mol. The largest absolute Gasteiger partial charge is 0.350 e. The second-order valence-electron chi connectivity index (χ2n) is 8.57. The van der Waals surface area contributed by atoms with E-state index in [0.717, 1.165) is 30.6 Å². The highest BCUT2D eigenvalue weighted by Gasteiger charge is 2.39. The number of imidazole rings is 1. The number of pyridine rings is 1. The second kappa shape index (κ2) is 8.44. The molecule has 30 heavy (non-hydrogen) atoms. The zero-order chi connectivity index (χ0) is 21.1. The average Bonchev–Trinajstić information content (AvgIpc) is 3.42. The third-order valence-corrected chi connectivity index (χ3v) is 6.34. The summed E-state index contributed by atoms with van der Waals surface area (Å²) in [6.07, 6.45) is 15.9. The van der Waals surface area contributed by atoms with Crippen molar-refractivity contribution in [1.29, 1.82) is 0 Å². The molecule has 4 atom stereocenters. The Kier molecular flexibility index (Phi) is 5.72. The van der Waals surface area contributed by atoms with E-state index in [4.69, 9.17) is 0 Å². The summed E-state index contributed by atoms with van der Waals surface area (Å²) in [5, 5.41) is 9.08. The molecule has 1 aliphatic carbocycles. The summed E-state index contributed by atoms with van der Waals surface area (Å²) in [4.78, 5) is 29.4. The molecule has 1 fully saturated rings. The Labute approximate surface area is 176 Å². The van der Waals surface area contributed by atoms with Crippen molar-refractivity contribution < 1.29 is 9.59 Å². The van der Waals surface area contributed by atoms with Gasteiger partial charge < -0.3 is 20.4 Å². The van der Waals surface area contributed by atoms with E-state index < -0.39 is 6.04 Å². The van der Waals surface area contributed by atoms with Gasteiger partial charge in [0.1, 0.15) is 11.7 Å². The number of allylic oxidation sites excluding steroid dienone is 4. The number of nitrogens with zero attached hydrogens (tertiary/aromatic N) is 2. The molecule has 2 aromatic heterocycles. The molecule has 3 N–H and O–H groups in total. The predicted octanol–water partition coefficient (Wildman–Crippen LogP) is 1.96. The Hall–Kier alpha value is -2.93. The van der Waals surface area contributed by atoms with E-state index in [9.17, 15) is 9.59 Å². The van der Waals surface area contributed by atoms with E-state index in [-0.39, 0.29) is 23.3 Å². The molecule has 0 aromatic carbocycles. The van der Waals surface area contributed by atoms with Crippen LogP contribution in [0.3, 0.4) is 0 Å². The fraction of sp³-hybridized carbons (Fsp3) is 0.435. The van der Waals surface area contributed by atoms with Crippen LogP contribution in [0.4, 0.5) is 0 Å². The Bertz CT molecular complexity index is 994. The van der Waals surface area contributed by atoms with Crippen LogP contribution in [0.5, 0.6) is 0 Å². The molecule has 2 aliphatic rings. The smallest absolute Gasteiger partial charge is 0.242 e. The van der Waals surface area contributed by atoms with Gasteiger partial charge in [-0.15, -0.1) is 0 Å². The van der Waals surface area contributed by atoms with Crippen LogP contribution in [-0.2, 0) is 16.1 Å². The summed E-state index contributed by atoms with van der Waals surface area (Å²) in [6.45, 7) is 5.16. The number of carbonyl (C=O) groups is 2. The van der Waals surface area contributed by atoms with Crippen LogP contribution in [-0.4, -0.2) is 39.8 Å². The molecule has 1 aliphatic heterocycles. The van der Waals surface area contributed by atoms with Gasteiger partial charge in [0.2, 0.25) is 11.8 Å². The minimum Gasteiger partial charge on any atom is -0.350 e. The third-order valence-electron chi connectivity index (χ3n) is 6.34. The Morgan fingerprint density at radius 2 is 2.23 bits per heavy atom. The number of fused-ring (bicyclic) bond motifs is 1. The molecule has 1 unspecified atom stereocenters. The lowest BCUT2D eigenvalue weighted by atomic mass is 9.72. The predicted molar refractivity (Wildman–Crippen MR) is 116 cm³/mol. The zero-order valence-corrected chi connectivity index (χ0v) is 17.5. The first-order valence-corrected chi connectivity index (χ1v) is 10.5. The molecular weight excluding hydrogens is 378 g/mol. The van der Waals surface area contributed by atoms with Gasteiger partial charge in [-0.1, -0.05) is 31.2 Å². The van der Waals surface area contributed by atoms with Crippen LogP contribution in [0.2, 0.25) is 0 Å². The number of amides is 2. The topological polar surface area (TPSA) is 87.5 Å². The molecule has 158 valence electrons. The van der Waals surface area contributed by atoms with Crippen LogP contribution >= 0.6 is 0 Å². The Balaban J connectivity index is 1.26. The van der Waals surface area contributed by atoms with Crippen molar-refractivity contribution in [3.63, 3.8) is 0 Å². The molecule has 4 rings (SSSR count). The number of rotatable bonds is 6. The van der Waals surface area contributed by atoms with E-state index in [1.807, 2.05) is 28.9 Å². The number of nitrogens with one attached hydrogen (secondary N) is 3. The van der Waals surface area contributed by atoms with Gasteiger partial charge in [-0.2, -0.15) is 0 Å². The van der Waals surface area contributed by atoms with E-state index in [1.165, 1.54) is 0 Å². The first kappa shape index (κ1) is 20.3. The summed E-state index contributed by atoms with van der Waals surface area (Å²) in [5.41, 5.74) is 1.88. The van der Waals surface area contributed by atoms with Gasteiger partial charge >= 0.3 is 0 Å². The van der Waals surface area contributed by atoms with Crippen molar-refractivity contribution in [2.24, 2.45) is 11.3 Å². The van der Waals surface area contributed by atoms with Gasteiger partial charge in [-0.05, 0) is 55.3 Å². The Morgan fingerprint density at radius 3 is 3.03 bits per heavy atom. The van der Waals surface area contributed by atoms with Gasteiger partial charge in [0.05, 0.1) is 6.04 Å². The molecule has 7 nitrogen and oxygen atoms in total. The van der Waals surface area contributed by atoms with Gasteiger partial charge in [-0.3, -0.25) is 9.59 Å². The number of hydrogen-bond donors (Lipinski definition) is 3. The quantitative estimate of drug-likeness (QED) is 0.683. The van der Waals surface area contributed by atoms with Crippen LogP contribution in [0.1, 0.15) is 32.3 Å². The molecule has 2 aromatic rings. The summed E-state index contributed by atoms with van der Waals surface area (Å²) >= 11 is 0. The van der Waals surface area contributed by atoms with Crippen LogP contribution in [0.25, 0.3) is 5.65 Å². The minimum atomic E-state index is -0.596. The van der Waals surface area contributed by atoms with E-state index in [0.29, 0.717) is 12.5 Å². The molecule has 0 spiro atoms. The van der Waals surface area contributed by atoms with Crippen molar-refractivity contribution in [3.8, 4) is 0 Å². The summed E-state index contributed by atoms with van der Waals surface area (Å²) in [6, 6.07) is 3.02. The van der Waals surface area contributed by atoms with Gasteiger partial charge in [0.25, 0.3) is 0 Å². The number of carbonyl (C=O) groups excluding carboxylic acids is 2. The molecule has 3 heterocycles. The summed E-state index contributed by atoms with van der Waals surface area (Å²) in [5.74, 6) is 0.0856. The molecule has 0 radical (unpaired) electrons. The highest BCUT2D eigenvalue weighted by molar-refractivity contribution is 5.89. The summed E-state index contributed by atoms with van der Waals surface area (Å²) in [7, 11) is 0. The lowest BCUT2D eigenvalue weighted by Crippen LogP contribution is -2.49. The Morgan fingerprint density at radius 1 is 1.37 bits per heavy atom. The maximum absolute atomic E-state index is 12.7.